The third kappa shape index (κ3) is 3.68. The number of halogens is 2. The standard InChI is InChI=1S/C16H8BrFN4O2S.K.H/c17-8-1-2-9(10(18)5-8)11-7-14-20-12(16(23)24)6-13(22(14)21-11)15-19-3-4-25-15;;/h1-7H,(H,23,24);;. The molecule has 4 aromatic rings. The third-order valence-corrected chi connectivity index (χ3v) is 4.79. The number of carboxylic acid groups (broad SMARTS) is 1. The molecule has 3 aromatic heterocycles. The molecule has 0 aliphatic carbocycles. The summed E-state index contributed by atoms with van der Waals surface area (Å²) in [5.41, 5.74) is 1.33. The van der Waals surface area contributed by atoms with Crippen molar-refractivity contribution in [1.29, 1.82) is 0 Å². The van der Waals surface area contributed by atoms with Crippen molar-refractivity contribution in [3.8, 4) is 22.0 Å². The maximum absolute atomic E-state index is 14.2. The van der Waals surface area contributed by atoms with Crippen LogP contribution in [0, 0.1) is 5.82 Å². The number of benzene rings is 1. The number of nitrogens with zero attached hydrogens (tertiary/aromatic N) is 4. The maximum atomic E-state index is 14.2. The van der Waals surface area contributed by atoms with Crippen molar-refractivity contribution in [2.45, 2.75) is 0 Å². The number of rotatable bonds is 3. The molecule has 0 radical (unpaired) electrons. The Kier molecular flexibility index (Phi) is 6.02. The number of hydrogen-bond donors (Lipinski definition) is 1. The van der Waals surface area contributed by atoms with E-state index in [9.17, 15) is 14.3 Å². The Balaban J connectivity index is 0.00000196. The van der Waals surface area contributed by atoms with Crippen LogP contribution in [0.3, 0.4) is 0 Å². The molecule has 0 aliphatic rings. The summed E-state index contributed by atoms with van der Waals surface area (Å²) >= 11 is 4.57. The van der Waals surface area contributed by atoms with Gasteiger partial charge in [-0.15, -0.1) is 11.3 Å². The second-order valence-corrected chi connectivity index (χ2v) is 6.90. The monoisotopic (exact) mass is 458 g/mol. The predicted molar refractivity (Wildman–Crippen MR) is 101 cm³/mol. The predicted octanol–water partition coefficient (Wildman–Crippen LogP) is 3.47. The van der Waals surface area contributed by atoms with Crippen LogP contribution in [0.4, 0.5) is 4.39 Å². The van der Waals surface area contributed by atoms with Crippen LogP contribution >= 0.6 is 27.3 Å². The van der Waals surface area contributed by atoms with Gasteiger partial charge in [-0.05, 0) is 18.2 Å². The van der Waals surface area contributed by atoms with Crippen molar-refractivity contribution in [3.05, 3.63) is 57.9 Å². The third-order valence-electron chi connectivity index (χ3n) is 3.50. The number of thiazole rings is 1. The van der Waals surface area contributed by atoms with Crippen molar-refractivity contribution in [2.24, 2.45) is 0 Å². The van der Waals surface area contributed by atoms with Gasteiger partial charge >= 0.3 is 57.4 Å². The van der Waals surface area contributed by atoms with Gasteiger partial charge in [-0.1, -0.05) is 15.9 Å². The molecule has 1 aromatic carbocycles. The number of carbonyl (C=O) groups is 1. The van der Waals surface area contributed by atoms with E-state index in [0.29, 0.717) is 32.1 Å². The first kappa shape index (κ1) is 19.7. The molecule has 1 N–H and O–H groups in total. The van der Waals surface area contributed by atoms with Crippen molar-refractivity contribution in [3.63, 3.8) is 0 Å². The molecule has 126 valence electrons. The summed E-state index contributed by atoms with van der Waals surface area (Å²) in [6.07, 6.45) is 1.62. The Morgan fingerprint density at radius 2 is 2.08 bits per heavy atom. The number of carboxylic acids is 1. The minimum absolute atomic E-state index is 0. The Morgan fingerprint density at radius 1 is 1.27 bits per heavy atom. The first-order valence-corrected chi connectivity index (χ1v) is 8.69. The topological polar surface area (TPSA) is 80.4 Å². The fraction of sp³-hybridized carbons (Fsp3) is 0. The molecule has 10 heteroatoms. The summed E-state index contributed by atoms with van der Waals surface area (Å²) in [6.45, 7) is 0. The van der Waals surface area contributed by atoms with Crippen LogP contribution in [0.5, 0.6) is 0 Å². The molecular formula is C16H9BrFKN4O2S. The van der Waals surface area contributed by atoms with Gasteiger partial charge in [0.1, 0.15) is 16.5 Å². The van der Waals surface area contributed by atoms with Gasteiger partial charge in [0.25, 0.3) is 0 Å². The number of hydrogen-bond acceptors (Lipinski definition) is 5. The van der Waals surface area contributed by atoms with Gasteiger partial charge in [-0.2, -0.15) is 5.10 Å². The van der Waals surface area contributed by atoms with Crippen LogP contribution in [0.1, 0.15) is 10.5 Å². The van der Waals surface area contributed by atoms with Gasteiger partial charge in [-0.25, -0.2) is 23.7 Å². The van der Waals surface area contributed by atoms with Gasteiger partial charge < -0.3 is 5.11 Å². The molecule has 0 fully saturated rings. The van der Waals surface area contributed by atoms with E-state index < -0.39 is 11.8 Å². The first-order valence-electron chi connectivity index (χ1n) is 7.02. The Bertz CT molecular complexity index is 1120. The summed E-state index contributed by atoms with van der Waals surface area (Å²) in [5, 5.41) is 16.1. The summed E-state index contributed by atoms with van der Waals surface area (Å²) in [7, 11) is 0. The van der Waals surface area contributed by atoms with Crippen molar-refractivity contribution < 1.29 is 14.3 Å². The zero-order valence-corrected chi connectivity index (χ0v) is 14.8. The SMILES string of the molecule is O=C(O)c1cc(-c2nccs2)n2nc(-c3ccc(Br)cc3F)cc2n1.[KH]. The summed E-state index contributed by atoms with van der Waals surface area (Å²) < 4.78 is 16.3. The van der Waals surface area contributed by atoms with E-state index in [1.165, 1.54) is 28.0 Å². The summed E-state index contributed by atoms with van der Waals surface area (Å²) in [5.74, 6) is -1.59. The van der Waals surface area contributed by atoms with E-state index in [-0.39, 0.29) is 57.1 Å². The van der Waals surface area contributed by atoms with Crippen molar-refractivity contribution in [2.75, 3.05) is 0 Å². The Labute approximate surface area is 201 Å². The molecule has 0 amide bonds. The number of fused-ring (bicyclic) bond motifs is 1. The van der Waals surface area contributed by atoms with E-state index >= 15 is 0 Å². The molecule has 4 rings (SSSR count). The number of aromatic nitrogens is 4. The molecule has 0 saturated heterocycles. The number of aromatic carboxylic acids is 1. The average Bonchev–Trinajstić information content (AvgIpc) is 3.23. The molecule has 0 saturated carbocycles. The van der Waals surface area contributed by atoms with Crippen LogP contribution in [0.2, 0.25) is 0 Å². The average molecular weight is 459 g/mol. The van der Waals surface area contributed by atoms with Crippen LogP contribution in [0.15, 0.2) is 46.4 Å². The van der Waals surface area contributed by atoms with E-state index in [1.54, 1.807) is 29.8 Å². The van der Waals surface area contributed by atoms with Crippen LogP contribution in [-0.4, -0.2) is 82.0 Å². The van der Waals surface area contributed by atoms with Gasteiger partial charge in [0, 0.05) is 33.7 Å². The van der Waals surface area contributed by atoms with Crippen LogP contribution in [-0.2, 0) is 0 Å². The van der Waals surface area contributed by atoms with Gasteiger partial charge in [-0.3, -0.25) is 0 Å². The fourth-order valence-corrected chi connectivity index (χ4v) is 3.39. The molecule has 3 heterocycles. The summed E-state index contributed by atoms with van der Waals surface area (Å²) in [4.78, 5) is 19.7. The molecular weight excluding hydrogens is 450 g/mol. The second-order valence-electron chi connectivity index (χ2n) is 5.09. The van der Waals surface area contributed by atoms with E-state index in [1.807, 2.05) is 0 Å². The zero-order valence-electron chi connectivity index (χ0n) is 12.3. The quantitative estimate of drug-likeness (QED) is 0.475. The van der Waals surface area contributed by atoms with Crippen LogP contribution < -0.4 is 0 Å². The minimum atomic E-state index is -1.15. The molecule has 6 nitrogen and oxygen atoms in total. The molecule has 0 atom stereocenters. The van der Waals surface area contributed by atoms with Crippen molar-refractivity contribution >= 4 is 90.3 Å². The fourth-order valence-electron chi connectivity index (χ4n) is 2.42. The van der Waals surface area contributed by atoms with E-state index in [0.717, 1.165) is 0 Å². The van der Waals surface area contributed by atoms with Gasteiger partial charge in [0.05, 0.1) is 5.69 Å². The Morgan fingerprint density at radius 3 is 2.73 bits per heavy atom. The van der Waals surface area contributed by atoms with Gasteiger partial charge in [0.15, 0.2) is 11.3 Å². The van der Waals surface area contributed by atoms with E-state index in [4.69, 9.17) is 0 Å². The van der Waals surface area contributed by atoms with E-state index in [2.05, 4.69) is 31.0 Å². The van der Waals surface area contributed by atoms with Gasteiger partial charge in [0.2, 0.25) is 0 Å². The first-order chi connectivity index (χ1) is 12.0. The summed E-state index contributed by atoms with van der Waals surface area (Å²) in [6, 6.07) is 7.61. The Hall–Kier alpha value is -1.01. The van der Waals surface area contributed by atoms with Crippen LogP contribution in [0.25, 0.3) is 27.6 Å². The zero-order chi connectivity index (χ0) is 17.6. The molecule has 26 heavy (non-hydrogen) atoms. The van der Waals surface area contributed by atoms with Crippen molar-refractivity contribution in [1.82, 2.24) is 19.6 Å². The second kappa shape index (κ2) is 7.93. The normalized spacial score (nSPS) is 10.7. The molecule has 0 bridgehead atoms. The molecule has 0 spiro atoms. The molecule has 0 aliphatic heterocycles. The molecule has 0 unspecified atom stereocenters.